The molecule has 0 amide bonds. The zero-order valence-corrected chi connectivity index (χ0v) is 11.7. The number of nitrogens with zero attached hydrogens (tertiary/aromatic N) is 1. The maximum absolute atomic E-state index is 12.3. The molecule has 106 valence electrons. The van der Waals surface area contributed by atoms with Gasteiger partial charge in [-0.3, -0.25) is 4.98 Å². The van der Waals surface area contributed by atoms with Gasteiger partial charge < -0.3 is 11.1 Å². The maximum Gasteiger partial charge on any atom is 0.391 e. The predicted molar refractivity (Wildman–Crippen MR) is 73.4 cm³/mol. The number of hydrogen-bond acceptors (Lipinski definition) is 3. The number of rotatable bonds is 4. The summed E-state index contributed by atoms with van der Waals surface area (Å²) >= 11 is 4.92. The molecule has 0 aliphatic carbocycles. The number of pyridine rings is 1. The summed E-state index contributed by atoms with van der Waals surface area (Å²) in [4.78, 5) is 4.32. The third kappa shape index (κ3) is 4.66. The maximum atomic E-state index is 12.3. The van der Waals surface area contributed by atoms with E-state index in [1.807, 2.05) is 0 Å². The Bertz CT molecular complexity index is 486. The lowest BCUT2D eigenvalue weighted by Gasteiger charge is -2.20. The molecule has 0 aliphatic rings. The van der Waals surface area contributed by atoms with Crippen LogP contribution in [0.3, 0.4) is 0 Å². The van der Waals surface area contributed by atoms with Crippen LogP contribution >= 0.6 is 12.2 Å². The molecule has 3 nitrogen and oxygen atoms in total. The Labute approximate surface area is 115 Å². The minimum Gasteiger partial charge on any atom is -0.389 e. The molecule has 1 aromatic heterocycles. The molecule has 0 spiro atoms. The monoisotopic (exact) mass is 291 g/mol. The predicted octanol–water partition coefficient (Wildman–Crippen LogP) is 3.09. The number of aromatic nitrogens is 1. The Kier molecular flexibility index (Phi) is 4.73. The molecule has 1 heterocycles. The number of alkyl halides is 3. The molecular formula is C12H16F3N3S. The van der Waals surface area contributed by atoms with Crippen LogP contribution in [0, 0.1) is 13.8 Å². The largest absolute Gasteiger partial charge is 0.391 e. The summed E-state index contributed by atoms with van der Waals surface area (Å²) in [5.74, 6) is 0. The second kappa shape index (κ2) is 5.73. The zero-order chi connectivity index (χ0) is 14.8. The van der Waals surface area contributed by atoms with Crippen molar-refractivity contribution >= 4 is 22.9 Å². The molecule has 0 radical (unpaired) electrons. The first-order chi connectivity index (χ1) is 8.60. The quantitative estimate of drug-likeness (QED) is 0.837. The number of anilines is 1. The molecule has 19 heavy (non-hydrogen) atoms. The number of halogens is 3. The van der Waals surface area contributed by atoms with Gasteiger partial charge in [-0.25, -0.2) is 0 Å². The van der Waals surface area contributed by atoms with Gasteiger partial charge in [-0.1, -0.05) is 12.2 Å². The van der Waals surface area contributed by atoms with Gasteiger partial charge in [-0.15, -0.1) is 0 Å². The van der Waals surface area contributed by atoms with Crippen molar-refractivity contribution in [3.8, 4) is 0 Å². The summed E-state index contributed by atoms with van der Waals surface area (Å²) < 4.78 is 37.0. The van der Waals surface area contributed by atoms with Crippen LogP contribution in [-0.2, 0) is 0 Å². The molecule has 0 aliphatic heterocycles. The number of nitrogens with one attached hydrogen (secondary N) is 1. The van der Waals surface area contributed by atoms with Crippen molar-refractivity contribution < 1.29 is 13.2 Å². The summed E-state index contributed by atoms with van der Waals surface area (Å²) in [7, 11) is 0. The molecular weight excluding hydrogens is 275 g/mol. The Hall–Kier alpha value is -1.37. The SMILES string of the molecule is Cc1cc(NC(C)CC(F)(F)F)c(C(N)=S)c(C)n1. The third-order valence-corrected chi connectivity index (χ3v) is 2.72. The van der Waals surface area contributed by atoms with E-state index in [1.54, 1.807) is 19.9 Å². The molecule has 0 saturated heterocycles. The van der Waals surface area contributed by atoms with Crippen LogP contribution in [0.25, 0.3) is 0 Å². The van der Waals surface area contributed by atoms with Gasteiger partial charge in [0.25, 0.3) is 0 Å². The van der Waals surface area contributed by atoms with Crippen LogP contribution in [0.1, 0.15) is 30.3 Å². The fourth-order valence-electron chi connectivity index (χ4n) is 1.92. The molecule has 3 N–H and O–H groups in total. The fraction of sp³-hybridized carbons (Fsp3) is 0.500. The highest BCUT2D eigenvalue weighted by Crippen LogP contribution is 2.25. The number of thiocarbonyl (C=S) groups is 1. The lowest BCUT2D eigenvalue weighted by molar-refractivity contribution is -0.136. The zero-order valence-electron chi connectivity index (χ0n) is 10.9. The van der Waals surface area contributed by atoms with Crippen molar-refractivity contribution in [2.75, 3.05) is 5.32 Å². The first-order valence-electron chi connectivity index (χ1n) is 5.71. The van der Waals surface area contributed by atoms with Gasteiger partial charge in [0.15, 0.2) is 0 Å². The van der Waals surface area contributed by atoms with Gasteiger partial charge in [0.05, 0.1) is 12.0 Å². The normalized spacial score (nSPS) is 13.2. The lowest BCUT2D eigenvalue weighted by atomic mass is 10.1. The van der Waals surface area contributed by atoms with E-state index in [9.17, 15) is 13.2 Å². The van der Waals surface area contributed by atoms with Crippen molar-refractivity contribution in [2.24, 2.45) is 5.73 Å². The average Bonchev–Trinajstić information content (AvgIpc) is 2.10. The molecule has 0 aromatic carbocycles. The second-order valence-corrected chi connectivity index (χ2v) is 4.94. The first kappa shape index (κ1) is 15.7. The van der Waals surface area contributed by atoms with Crippen LogP contribution in [0.5, 0.6) is 0 Å². The van der Waals surface area contributed by atoms with Gasteiger partial charge in [0.1, 0.15) is 4.99 Å². The van der Waals surface area contributed by atoms with Crippen LogP contribution in [0.15, 0.2) is 6.07 Å². The van der Waals surface area contributed by atoms with Crippen molar-refractivity contribution in [2.45, 2.75) is 39.4 Å². The van der Waals surface area contributed by atoms with Crippen LogP contribution < -0.4 is 11.1 Å². The molecule has 7 heteroatoms. The molecule has 1 aromatic rings. The van der Waals surface area contributed by atoms with E-state index in [-0.39, 0.29) is 4.99 Å². The van der Waals surface area contributed by atoms with Crippen LogP contribution in [0.2, 0.25) is 0 Å². The van der Waals surface area contributed by atoms with E-state index in [4.69, 9.17) is 18.0 Å². The number of nitrogens with two attached hydrogens (primary N) is 1. The topological polar surface area (TPSA) is 50.9 Å². The first-order valence-corrected chi connectivity index (χ1v) is 6.12. The number of hydrogen-bond donors (Lipinski definition) is 2. The van der Waals surface area contributed by atoms with E-state index in [2.05, 4.69) is 10.3 Å². The summed E-state index contributed by atoms with van der Waals surface area (Å²) in [5, 5.41) is 2.80. The second-order valence-electron chi connectivity index (χ2n) is 4.50. The van der Waals surface area contributed by atoms with Crippen molar-refractivity contribution in [1.82, 2.24) is 4.98 Å². The Balaban J connectivity index is 3.03. The van der Waals surface area contributed by atoms with Crippen molar-refractivity contribution in [1.29, 1.82) is 0 Å². The highest BCUT2D eigenvalue weighted by molar-refractivity contribution is 7.80. The standard InChI is InChI=1S/C12H16F3N3S/c1-6-4-9(10(11(16)19)8(3)17-6)18-7(2)5-12(13,14)15/h4,7H,5H2,1-3H3,(H2,16,19)(H,17,18). The third-order valence-electron chi connectivity index (χ3n) is 2.51. The minimum absolute atomic E-state index is 0.117. The molecule has 1 rings (SSSR count). The van der Waals surface area contributed by atoms with Gasteiger partial charge in [0.2, 0.25) is 0 Å². The number of aryl methyl sites for hydroxylation is 2. The Morgan fingerprint density at radius 2 is 2.05 bits per heavy atom. The van der Waals surface area contributed by atoms with Gasteiger partial charge >= 0.3 is 6.18 Å². The highest BCUT2D eigenvalue weighted by Gasteiger charge is 2.30. The Morgan fingerprint density at radius 3 is 2.53 bits per heavy atom. The average molecular weight is 291 g/mol. The van der Waals surface area contributed by atoms with Crippen molar-refractivity contribution in [3.63, 3.8) is 0 Å². The summed E-state index contributed by atoms with van der Waals surface area (Å²) in [6, 6.07) is 0.878. The van der Waals surface area contributed by atoms with E-state index in [0.29, 0.717) is 22.6 Å². The summed E-state index contributed by atoms with van der Waals surface area (Å²) in [5.41, 5.74) is 7.89. The van der Waals surface area contributed by atoms with Gasteiger partial charge in [0, 0.05) is 23.1 Å². The van der Waals surface area contributed by atoms with Crippen LogP contribution in [-0.4, -0.2) is 22.2 Å². The molecule has 0 fully saturated rings. The van der Waals surface area contributed by atoms with E-state index >= 15 is 0 Å². The van der Waals surface area contributed by atoms with E-state index in [0.717, 1.165) is 0 Å². The van der Waals surface area contributed by atoms with E-state index in [1.165, 1.54) is 6.92 Å². The highest BCUT2D eigenvalue weighted by atomic mass is 32.1. The molecule has 0 saturated carbocycles. The van der Waals surface area contributed by atoms with Crippen LogP contribution in [0.4, 0.5) is 18.9 Å². The Morgan fingerprint density at radius 1 is 1.47 bits per heavy atom. The molecule has 1 atom stereocenters. The minimum atomic E-state index is -4.22. The van der Waals surface area contributed by atoms with Gasteiger partial charge in [-0.05, 0) is 26.8 Å². The molecule has 1 unspecified atom stereocenters. The fourth-order valence-corrected chi connectivity index (χ4v) is 2.17. The summed E-state index contributed by atoms with van der Waals surface area (Å²) in [6.45, 7) is 4.94. The molecule has 0 bridgehead atoms. The summed E-state index contributed by atoms with van der Waals surface area (Å²) in [6.07, 6.45) is -5.14. The van der Waals surface area contributed by atoms with Gasteiger partial charge in [-0.2, -0.15) is 13.2 Å². The lowest BCUT2D eigenvalue weighted by Crippen LogP contribution is -2.26. The smallest absolute Gasteiger partial charge is 0.389 e. The van der Waals surface area contributed by atoms with E-state index < -0.39 is 18.6 Å². The van der Waals surface area contributed by atoms with Crippen molar-refractivity contribution in [3.05, 3.63) is 23.0 Å².